The van der Waals surface area contributed by atoms with Gasteiger partial charge in [-0.2, -0.15) is 0 Å². The zero-order valence-electron chi connectivity index (χ0n) is 15.8. The molecule has 4 rings (SSSR count). The number of fused-ring (bicyclic) bond motifs is 1. The number of nitrogens with zero attached hydrogens (tertiary/aromatic N) is 1. The lowest BCUT2D eigenvalue weighted by Gasteiger charge is -2.31. The molecule has 29 heavy (non-hydrogen) atoms. The summed E-state index contributed by atoms with van der Waals surface area (Å²) in [6.07, 6.45) is 2.64. The Bertz CT molecular complexity index is 999. The molecule has 1 aliphatic heterocycles. The average molecular weight is 392 g/mol. The largest absolute Gasteiger partial charge is 0.463 e. The summed E-state index contributed by atoms with van der Waals surface area (Å²) in [5.74, 6) is 0.580. The predicted molar refractivity (Wildman–Crippen MR) is 107 cm³/mol. The van der Waals surface area contributed by atoms with E-state index in [-0.39, 0.29) is 17.6 Å². The quantitative estimate of drug-likeness (QED) is 0.498. The van der Waals surface area contributed by atoms with Gasteiger partial charge in [0.25, 0.3) is 11.6 Å². The van der Waals surface area contributed by atoms with Gasteiger partial charge >= 0.3 is 0 Å². The second-order valence-electron chi connectivity index (χ2n) is 7.19. The Hall–Kier alpha value is -3.45. The summed E-state index contributed by atoms with van der Waals surface area (Å²) in [5, 5.41) is 13.8. The molecular formula is C22H22N3O4+. The number of furan rings is 1. The van der Waals surface area contributed by atoms with Gasteiger partial charge in [0, 0.05) is 29.7 Å². The van der Waals surface area contributed by atoms with Crippen LogP contribution in [0, 0.1) is 10.1 Å². The molecule has 0 aliphatic carbocycles. The summed E-state index contributed by atoms with van der Waals surface area (Å²) in [6.45, 7) is 2.24. The minimum Gasteiger partial charge on any atom is -0.463 e. The fraction of sp³-hybridized carbons (Fsp3) is 0.227. The van der Waals surface area contributed by atoms with Crippen molar-refractivity contribution in [2.24, 2.45) is 0 Å². The molecule has 2 N–H and O–H groups in total. The van der Waals surface area contributed by atoms with Gasteiger partial charge in [-0.05, 0) is 29.8 Å². The van der Waals surface area contributed by atoms with Crippen molar-refractivity contribution in [3.63, 3.8) is 0 Å². The number of quaternary nitrogens is 1. The molecule has 2 atom stereocenters. The summed E-state index contributed by atoms with van der Waals surface area (Å²) in [7, 11) is 0. The number of nitro groups is 1. The maximum absolute atomic E-state index is 12.6. The van der Waals surface area contributed by atoms with Crippen molar-refractivity contribution in [1.82, 2.24) is 5.32 Å². The van der Waals surface area contributed by atoms with E-state index in [0.29, 0.717) is 12.1 Å². The van der Waals surface area contributed by atoms with E-state index in [1.807, 2.05) is 12.1 Å². The van der Waals surface area contributed by atoms with E-state index in [4.69, 9.17) is 4.42 Å². The number of hydrogen-bond acceptors (Lipinski definition) is 4. The van der Waals surface area contributed by atoms with Crippen LogP contribution in [-0.2, 0) is 13.0 Å². The molecular weight excluding hydrogens is 370 g/mol. The first kappa shape index (κ1) is 18.9. The molecule has 1 aromatic heterocycles. The fourth-order valence-electron chi connectivity index (χ4n) is 3.87. The summed E-state index contributed by atoms with van der Waals surface area (Å²) in [5.41, 5.74) is 3.07. The van der Waals surface area contributed by atoms with E-state index in [1.165, 1.54) is 40.3 Å². The van der Waals surface area contributed by atoms with Crippen LogP contribution in [0.2, 0.25) is 0 Å². The maximum Gasteiger partial charge on any atom is 0.269 e. The molecule has 0 radical (unpaired) electrons. The van der Waals surface area contributed by atoms with Gasteiger partial charge in [0.1, 0.15) is 6.54 Å². The number of non-ortho nitro benzene ring substituents is 1. The lowest BCUT2D eigenvalue weighted by Crippen LogP contribution is -3.12. The number of amides is 1. The van der Waals surface area contributed by atoms with Crippen molar-refractivity contribution in [3.8, 4) is 0 Å². The average Bonchev–Trinajstić information content (AvgIpc) is 3.28. The van der Waals surface area contributed by atoms with Crippen LogP contribution in [-0.4, -0.2) is 23.9 Å². The van der Waals surface area contributed by atoms with Crippen molar-refractivity contribution in [2.45, 2.75) is 19.0 Å². The third-order valence-electron chi connectivity index (χ3n) is 5.44. The first-order valence-corrected chi connectivity index (χ1v) is 9.59. The van der Waals surface area contributed by atoms with Crippen molar-refractivity contribution in [3.05, 3.63) is 99.5 Å². The van der Waals surface area contributed by atoms with E-state index in [1.54, 1.807) is 6.26 Å². The summed E-state index contributed by atoms with van der Waals surface area (Å²) in [6, 6.07) is 17.9. The maximum atomic E-state index is 12.6. The molecule has 7 nitrogen and oxygen atoms in total. The van der Waals surface area contributed by atoms with E-state index < -0.39 is 4.92 Å². The number of benzene rings is 2. The van der Waals surface area contributed by atoms with E-state index in [9.17, 15) is 14.9 Å². The predicted octanol–water partition coefficient (Wildman–Crippen LogP) is 2.30. The Morgan fingerprint density at radius 1 is 1.10 bits per heavy atom. The molecule has 1 aliphatic rings. The van der Waals surface area contributed by atoms with E-state index in [0.717, 1.165) is 25.3 Å². The van der Waals surface area contributed by atoms with Crippen LogP contribution in [0.3, 0.4) is 0 Å². The van der Waals surface area contributed by atoms with Gasteiger partial charge < -0.3 is 14.6 Å². The Labute approximate surface area is 168 Å². The van der Waals surface area contributed by atoms with Crippen molar-refractivity contribution < 1.29 is 19.0 Å². The molecule has 2 aromatic carbocycles. The minimum atomic E-state index is -0.480. The standard InChI is InChI=1S/C22H21N3O4/c26-22(17-7-9-19(10-8-17)25(27)28)23-14-20(21-6-3-13-29-21)24-12-11-16-4-1-2-5-18(16)15-24/h1-10,13,20H,11-12,14-15H2,(H,23,26)/p+1/t20-/m0/s1. The molecule has 7 heteroatoms. The third-order valence-corrected chi connectivity index (χ3v) is 5.44. The molecule has 0 saturated carbocycles. The Morgan fingerprint density at radius 2 is 1.86 bits per heavy atom. The highest BCUT2D eigenvalue weighted by Gasteiger charge is 2.30. The molecule has 0 saturated heterocycles. The van der Waals surface area contributed by atoms with Gasteiger partial charge in [-0.1, -0.05) is 24.3 Å². The van der Waals surface area contributed by atoms with Crippen LogP contribution in [0.15, 0.2) is 71.3 Å². The number of carbonyl (C=O) groups excluding carboxylic acids is 1. The normalized spacial score (nSPS) is 16.6. The summed E-state index contributed by atoms with van der Waals surface area (Å²) >= 11 is 0. The first-order chi connectivity index (χ1) is 14.1. The van der Waals surface area contributed by atoms with Crippen molar-refractivity contribution in [2.75, 3.05) is 13.1 Å². The van der Waals surface area contributed by atoms with Crippen molar-refractivity contribution >= 4 is 11.6 Å². The molecule has 0 fully saturated rings. The van der Waals surface area contributed by atoms with Crippen LogP contribution in [0.1, 0.15) is 33.3 Å². The number of nitrogens with one attached hydrogen (secondary N) is 2. The molecule has 1 amide bonds. The van der Waals surface area contributed by atoms with Gasteiger partial charge in [-0.3, -0.25) is 14.9 Å². The summed E-state index contributed by atoms with van der Waals surface area (Å²) < 4.78 is 5.67. The lowest BCUT2D eigenvalue weighted by atomic mass is 9.98. The number of nitro benzene ring substituents is 1. The Morgan fingerprint density at radius 3 is 2.55 bits per heavy atom. The van der Waals surface area contributed by atoms with Crippen LogP contribution < -0.4 is 10.2 Å². The van der Waals surface area contributed by atoms with Gasteiger partial charge in [-0.25, -0.2) is 0 Å². The highest BCUT2D eigenvalue weighted by molar-refractivity contribution is 5.94. The molecule has 0 spiro atoms. The molecule has 1 unspecified atom stereocenters. The highest BCUT2D eigenvalue weighted by atomic mass is 16.6. The second-order valence-corrected chi connectivity index (χ2v) is 7.19. The third kappa shape index (κ3) is 4.20. The number of rotatable bonds is 6. The van der Waals surface area contributed by atoms with Crippen molar-refractivity contribution in [1.29, 1.82) is 0 Å². The van der Waals surface area contributed by atoms with Gasteiger partial charge in [0.15, 0.2) is 11.8 Å². The zero-order chi connectivity index (χ0) is 20.2. The van der Waals surface area contributed by atoms with Crippen LogP contribution in [0.5, 0.6) is 0 Å². The Kier molecular flexibility index (Phi) is 5.39. The van der Waals surface area contributed by atoms with E-state index >= 15 is 0 Å². The first-order valence-electron chi connectivity index (χ1n) is 9.59. The Balaban J connectivity index is 1.47. The monoisotopic (exact) mass is 392 g/mol. The molecule has 148 valence electrons. The second kappa shape index (κ2) is 8.28. The zero-order valence-corrected chi connectivity index (χ0v) is 15.8. The number of hydrogen-bond donors (Lipinski definition) is 2. The van der Waals surface area contributed by atoms with Crippen LogP contribution in [0.25, 0.3) is 0 Å². The molecule has 2 heterocycles. The minimum absolute atomic E-state index is 0.0136. The highest BCUT2D eigenvalue weighted by Crippen LogP contribution is 2.16. The molecule has 0 bridgehead atoms. The lowest BCUT2D eigenvalue weighted by molar-refractivity contribution is -0.946. The van der Waals surface area contributed by atoms with Gasteiger partial charge in [0.05, 0.1) is 24.3 Å². The summed E-state index contributed by atoms with van der Waals surface area (Å²) in [4.78, 5) is 24.2. The van der Waals surface area contributed by atoms with Gasteiger partial charge in [0.2, 0.25) is 0 Å². The van der Waals surface area contributed by atoms with Crippen LogP contribution >= 0.6 is 0 Å². The SMILES string of the molecule is O=C(NC[C@@H](c1ccco1)[NH+]1CCc2ccccc2C1)c1ccc([N+](=O)[O-])cc1. The fourth-order valence-corrected chi connectivity index (χ4v) is 3.87. The molecule has 3 aromatic rings. The van der Waals surface area contributed by atoms with E-state index in [2.05, 4.69) is 29.6 Å². The topological polar surface area (TPSA) is 89.8 Å². The van der Waals surface area contributed by atoms with Crippen LogP contribution in [0.4, 0.5) is 5.69 Å². The number of carbonyl (C=O) groups is 1. The smallest absolute Gasteiger partial charge is 0.269 e. The van der Waals surface area contributed by atoms with Gasteiger partial charge in [-0.15, -0.1) is 0 Å².